The van der Waals surface area contributed by atoms with Crippen LogP contribution in [0.1, 0.15) is 21.7 Å². The quantitative estimate of drug-likeness (QED) is 0.660. The lowest BCUT2D eigenvalue weighted by Crippen LogP contribution is -2.43. The zero-order chi connectivity index (χ0) is 19.7. The number of morpholine rings is 1. The number of aromatic nitrogens is 3. The van der Waals surface area contributed by atoms with Crippen LogP contribution in [0.4, 0.5) is 5.13 Å². The van der Waals surface area contributed by atoms with Crippen molar-refractivity contribution in [3.63, 3.8) is 0 Å². The number of nitrogens with zero attached hydrogens (tertiary/aromatic N) is 5. The lowest BCUT2D eigenvalue weighted by atomic mass is 10.1. The Balaban J connectivity index is 1.66. The van der Waals surface area contributed by atoms with E-state index in [1.165, 1.54) is 11.1 Å². The maximum absolute atomic E-state index is 13.3. The first-order valence-electron chi connectivity index (χ1n) is 9.50. The minimum absolute atomic E-state index is 0.116. The lowest BCUT2D eigenvalue weighted by molar-refractivity contribution is 0.0391. The van der Waals surface area contributed by atoms with Gasteiger partial charge >= 0.3 is 0 Å². The van der Waals surface area contributed by atoms with Gasteiger partial charge in [-0.1, -0.05) is 17.4 Å². The number of thiazole rings is 1. The first kappa shape index (κ1) is 19.0. The smallest absolute Gasteiger partial charge is 0.296 e. The molecule has 1 amide bonds. The van der Waals surface area contributed by atoms with Crippen LogP contribution in [-0.2, 0) is 11.8 Å². The summed E-state index contributed by atoms with van der Waals surface area (Å²) in [6.45, 7) is 8.79. The molecule has 1 fully saturated rings. The number of carbonyl (C=O) groups is 1. The van der Waals surface area contributed by atoms with E-state index < -0.39 is 0 Å². The fourth-order valence-electron chi connectivity index (χ4n) is 3.52. The van der Waals surface area contributed by atoms with Gasteiger partial charge in [0.15, 0.2) is 11.0 Å². The Hall–Kier alpha value is -2.29. The van der Waals surface area contributed by atoms with Crippen LogP contribution < -0.4 is 4.90 Å². The normalized spacial score (nSPS) is 15.2. The molecule has 28 heavy (non-hydrogen) atoms. The Morgan fingerprint density at radius 3 is 2.79 bits per heavy atom. The third kappa shape index (κ3) is 3.80. The van der Waals surface area contributed by atoms with Gasteiger partial charge in [-0.05, 0) is 31.0 Å². The minimum Gasteiger partial charge on any atom is -0.379 e. The number of ether oxygens (including phenoxy) is 1. The molecule has 148 valence electrons. The maximum atomic E-state index is 13.3. The molecule has 4 rings (SSSR count). The van der Waals surface area contributed by atoms with Crippen molar-refractivity contribution in [2.45, 2.75) is 13.8 Å². The molecule has 1 aliphatic heterocycles. The molecule has 2 aromatic heterocycles. The van der Waals surface area contributed by atoms with Gasteiger partial charge in [-0.3, -0.25) is 14.6 Å². The Bertz CT molecular complexity index is 990. The molecule has 3 aromatic rings. The van der Waals surface area contributed by atoms with Gasteiger partial charge in [-0.2, -0.15) is 0 Å². The Kier molecular flexibility index (Phi) is 5.43. The molecule has 0 aliphatic carbocycles. The summed E-state index contributed by atoms with van der Waals surface area (Å²) in [4.78, 5) is 26.5. The molecule has 8 heteroatoms. The van der Waals surface area contributed by atoms with Crippen LogP contribution in [0.15, 0.2) is 24.5 Å². The summed E-state index contributed by atoms with van der Waals surface area (Å²) in [6, 6.07) is 4.23. The molecular formula is C20H25N5O2S. The first-order chi connectivity index (χ1) is 13.5. The monoisotopic (exact) mass is 399 g/mol. The SMILES string of the molecule is Cc1cc(C)c2sc(N(CCN3CCOCC3)C(=O)c3nccn3C)nc2c1. The van der Waals surface area contributed by atoms with Crippen molar-refractivity contribution < 1.29 is 9.53 Å². The maximum Gasteiger partial charge on any atom is 0.296 e. The average Bonchev–Trinajstić information content (AvgIpc) is 3.29. The molecule has 0 spiro atoms. The van der Waals surface area contributed by atoms with Crippen LogP contribution in [0.3, 0.4) is 0 Å². The Labute approximate surface area is 168 Å². The largest absolute Gasteiger partial charge is 0.379 e. The molecule has 0 N–H and O–H groups in total. The predicted octanol–water partition coefficient (Wildman–Crippen LogP) is 2.63. The van der Waals surface area contributed by atoms with E-state index in [0.717, 1.165) is 48.2 Å². The second-order valence-corrected chi connectivity index (χ2v) is 8.18. The highest BCUT2D eigenvalue weighted by Gasteiger charge is 2.25. The third-order valence-corrected chi connectivity index (χ3v) is 6.27. The first-order valence-corrected chi connectivity index (χ1v) is 10.3. The highest BCUT2D eigenvalue weighted by Crippen LogP contribution is 2.32. The van der Waals surface area contributed by atoms with Crippen LogP contribution in [0.2, 0.25) is 0 Å². The molecular weight excluding hydrogens is 374 g/mol. The van der Waals surface area contributed by atoms with E-state index in [2.05, 4.69) is 35.9 Å². The zero-order valence-electron chi connectivity index (χ0n) is 16.5. The Morgan fingerprint density at radius 1 is 1.29 bits per heavy atom. The number of imidazole rings is 1. The van der Waals surface area contributed by atoms with Gasteiger partial charge in [0, 0.05) is 45.6 Å². The van der Waals surface area contributed by atoms with Crippen LogP contribution in [0.5, 0.6) is 0 Å². The van der Waals surface area contributed by atoms with E-state index >= 15 is 0 Å². The van der Waals surface area contributed by atoms with Gasteiger partial charge in [0.25, 0.3) is 5.91 Å². The number of aryl methyl sites for hydroxylation is 3. The number of amides is 1. The standard InChI is InChI=1S/C20H25N5O2S/c1-14-12-15(2)17-16(13-14)22-20(28-17)25(7-6-24-8-10-27-11-9-24)19(26)18-21-4-5-23(18)3/h4-5,12-13H,6-11H2,1-3H3. The van der Waals surface area contributed by atoms with Crippen molar-refractivity contribution in [1.29, 1.82) is 0 Å². The molecule has 0 atom stereocenters. The number of carbonyl (C=O) groups excluding carboxylic acids is 1. The van der Waals surface area contributed by atoms with Crippen molar-refractivity contribution >= 4 is 32.6 Å². The van der Waals surface area contributed by atoms with Crippen molar-refractivity contribution in [2.24, 2.45) is 7.05 Å². The van der Waals surface area contributed by atoms with Crippen molar-refractivity contribution in [1.82, 2.24) is 19.4 Å². The summed E-state index contributed by atoms with van der Waals surface area (Å²) in [7, 11) is 1.84. The van der Waals surface area contributed by atoms with E-state index in [1.807, 2.05) is 7.05 Å². The molecule has 1 aromatic carbocycles. The fourth-order valence-corrected chi connectivity index (χ4v) is 4.56. The second-order valence-electron chi connectivity index (χ2n) is 7.20. The van der Waals surface area contributed by atoms with E-state index in [4.69, 9.17) is 9.72 Å². The topological polar surface area (TPSA) is 63.5 Å². The molecule has 0 bridgehead atoms. The summed E-state index contributed by atoms with van der Waals surface area (Å²) >= 11 is 1.57. The average molecular weight is 400 g/mol. The number of hydrogen-bond donors (Lipinski definition) is 0. The van der Waals surface area contributed by atoms with Crippen LogP contribution in [-0.4, -0.2) is 64.7 Å². The highest BCUT2D eigenvalue weighted by molar-refractivity contribution is 7.22. The zero-order valence-corrected chi connectivity index (χ0v) is 17.3. The number of hydrogen-bond acceptors (Lipinski definition) is 6. The highest BCUT2D eigenvalue weighted by atomic mass is 32.1. The summed E-state index contributed by atoms with van der Waals surface area (Å²) in [5.41, 5.74) is 3.31. The van der Waals surface area contributed by atoms with E-state index in [1.54, 1.807) is 33.2 Å². The summed E-state index contributed by atoms with van der Waals surface area (Å²) in [5.74, 6) is 0.309. The van der Waals surface area contributed by atoms with E-state index in [9.17, 15) is 4.79 Å². The molecule has 0 radical (unpaired) electrons. The van der Waals surface area contributed by atoms with Gasteiger partial charge in [0.2, 0.25) is 0 Å². The summed E-state index contributed by atoms with van der Waals surface area (Å²) < 4.78 is 8.32. The minimum atomic E-state index is -0.116. The van der Waals surface area contributed by atoms with Crippen LogP contribution in [0.25, 0.3) is 10.2 Å². The fraction of sp³-hybridized carbons (Fsp3) is 0.450. The molecule has 7 nitrogen and oxygen atoms in total. The van der Waals surface area contributed by atoms with E-state index in [0.29, 0.717) is 12.4 Å². The predicted molar refractivity (Wildman–Crippen MR) is 111 cm³/mol. The van der Waals surface area contributed by atoms with Crippen molar-refractivity contribution in [2.75, 3.05) is 44.3 Å². The van der Waals surface area contributed by atoms with Gasteiger partial charge in [0.1, 0.15) is 0 Å². The molecule has 0 saturated carbocycles. The van der Waals surface area contributed by atoms with Gasteiger partial charge in [0.05, 0.1) is 23.4 Å². The van der Waals surface area contributed by atoms with Crippen molar-refractivity contribution in [3.8, 4) is 0 Å². The molecule has 0 unspecified atom stereocenters. The van der Waals surface area contributed by atoms with Gasteiger partial charge < -0.3 is 9.30 Å². The van der Waals surface area contributed by atoms with E-state index in [-0.39, 0.29) is 5.91 Å². The Morgan fingerprint density at radius 2 is 2.07 bits per heavy atom. The third-order valence-electron chi connectivity index (χ3n) is 5.04. The molecule has 1 aliphatic rings. The molecule has 3 heterocycles. The summed E-state index contributed by atoms with van der Waals surface area (Å²) in [6.07, 6.45) is 3.44. The number of rotatable bonds is 5. The number of fused-ring (bicyclic) bond motifs is 1. The summed E-state index contributed by atoms with van der Waals surface area (Å²) in [5, 5.41) is 0.727. The van der Waals surface area contributed by atoms with Crippen LogP contribution >= 0.6 is 11.3 Å². The number of anilines is 1. The van der Waals surface area contributed by atoms with Crippen LogP contribution in [0, 0.1) is 13.8 Å². The molecule has 1 saturated heterocycles. The van der Waals surface area contributed by atoms with Crippen molar-refractivity contribution in [3.05, 3.63) is 41.5 Å². The van der Waals surface area contributed by atoms with Gasteiger partial charge in [-0.25, -0.2) is 9.97 Å². The van der Waals surface area contributed by atoms with Gasteiger partial charge in [-0.15, -0.1) is 0 Å². The lowest BCUT2D eigenvalue weighted by Gasteiger charge is -2.29. The number of benzene rings is 1. The second kappa shape index (κ2) is 7.98.